The van der Waals surface area contributed by atoms with E-state index in [4.69, 9.17) is 27.9 Å². The second kappa shape index (κ2) is 12.8. The highest BCUT2D eigenvalue weighted by Gasteiger charge is 2.47. The highest BCUT2D eigenvalue weighted by Crippen LogP contribution is 2.38. The summed E-state index contributed by atoms with van der Waals surface area (Å²) in [6, 6.07) is 15.1. The number of nitrogens with zero attached hydrogens (tertiary/aromatic N) is 3. The van der Waals surface area contributed by atoms with Gasteiger partial charge in [0.2, 0.25) is 5.91 Å². The van der Waals surface area contributed by atoms with Gasteiger partial charge >= 0.3 is 0 Å². The maximum Gasteiger partial charge on any atom is 0.254 e. The third-order valence-corrected chi connectivity index (χ3v) is 9.80. The molecular weight excluding hydrogens is 547 g/mol. The number of morpholine rings is 1. The summed E-state index contributed by atoms with van der Waals surface area (Å²) >= 11 is 12.7. The number of nitrogens with one attached hydrogen (secondary N) is 1. The van der Waals surface area contributed by atoms with Crippen LogP contribution in [0, 0.1) is 0 Å². The Balaban J connectivity index is 1.33. The average Bonchev–Trinajstić information content (AvgIpc) is 3.01. The zero-order chi connectivity index (χ0) is 28.2. The molecule has 0 spiro atoms. The van der Waals surface area contributed by atoms with Crippen molar-refractivity contribution < 1.29 is 14.3 Å². The molecule has 0 radical (unpaired) electrons. The number of likely N-dealkylation sites (N-methyl/N-ethyl adjacent to an activating group) is 1. The predicted molar refractivity (Wildman–Crippen MR) is 159 cm³/mol. The molecule has 5 rings (SSSR count). The summed E-state index contributed by atoms with van der Waals surface area (Å²) < 4.78 is 6.55. The summed E-state index contributed by atoms with van der Waals surface area (Å²) in [5.41, 5.74) is 0.469. The zero-order valence-corrected chi connectivity index (χ0v) is 24.9. The Kier molecular flexibility index (Phi) is 9.38. The Morgan fingerprint density at radius 2 is 1.65 bits per heavy atom. The number of rotatable bonds is 7. The van der Waals surface area contributed by atoms with Crippen LogP contribution in [0.3, 0.4) is 0 Å². The van der Waals surface area contributed by atoms with Crippen LogP contribution in [-0.2, 0) is 15.1 Å². The molecule has 0 bridgehead atoms. The van der Waals surface area contributed by atoms with Crippen LogP contribution in [0.2, 0.25) is 10.0 Å². The number of likely N-dealkylation sites (tertiary alicyclic amines) is 2. The summed E-state index contributed by atoms with van der Waals surface area (Å²) in [5.74, 6) is 0.148. The lowest BCUT2D eigenvalue weighted by Crippen LogP contribution is -2.64. The standard InChI is InChI=1S/C31H40Cl2N4O3/c1-34-29(39)30(37-15-6-3-7-16-37)12-17-35(18-13-30)19-14-31(25-10-11-26(32)27(33)22-25)23-36(20-21-40-31)28(38)24-8-4-2-5-9-24/h2,4-5,8-11,22H,3,6-7,12-21,23H2,1H3,(H,34,39)/t31-/m0/s1. The Bertz CT molecular complexity index is 1180. The van der Waals surface area contributed by atoms with Crippen LogP contribution in [-0.4, -0.2) is 91.5 Å². The van der Waals surface area contributed by atoms with Crippen molar-refractivity contribution in [3.63, 3.8) is 0 Å². The topological polar surface area (TPSA) is 65.1 Å². The molecule has 2 aromatic rings. The molecule has 1 N–H and O–H groups in total. The minimum Gasteiger partial charge on any atom is -0.367 e. The summed E-state index contributed by atoms with van der Waals surface area (Å²) in [6.45, 7) is 5.86. The van der Waals surface area contributed by atoms with E-state index in [0.29, 0.717) is 41.7 Å². The number of halogens is 2. The van der Waals surface area contributed by atoms with E-state index in [2.05, 4.69) is 15.1 Å². The molecule has 3 fully saturated rings. The van der Waals surface area contributed by atoms with Crippen molar-refractivity contribution in [2.24, 2.45) is 0 Å². The van der Waals surface area contributed by atoms with Gasteiger partial charge in [0.15, 0.2) is 0 Å². The molecule has 2 amide bonds. The first-order chi connectivity index (χ1) is 19.4. The van der Waals surface area contributed by atoms with Gasteiger partial charge in [-0.15, -0.1) is 0 Å². The first kappa shape index (κ1) is 29.3. The third kappa shape index (κ3) is 6.04. The lowest BCUT2D eigenvalue weighted by molar-refractivity contribution is -0.138. The summed E-state index contributed by atoms with van der Waals surface area (Å²) in [6.07, 6.45) is 5.87. The number of carbonyl (C=O) groups excluding carboxylic acids is 2. The molecular formula is C31H40Cl2N4O3. The molecule has 1 atom stereocenters. The van der Waals surface area contributed by atoms with E-state index >= 15 is 0 Å². The molecule has 216 valence electrons. The van der Waals surface area contributed by atoms with E-state index in [-0.39, 0.29) is 11.8 Å². The lowest BCUT2D eigenvalue weighted by Gasteiger charge is -2.49. The number of hydrogen-bond donors (Lipinski definition) is 1. The number of ether oxygens (including phenoxy) is 1. The monoisotopic (exact) mass is 586 g/mol. The lowest BCUT2D eigenvalue weighted by atomic mass is 9.82. The van der Waals surface area contributed by atoms with Gasteiger partial charge in [0.1, 0.15) is 11.1 Å². The number of amides is 2. The molecule has 7 nitrogen and oxygen atoms in total. The number of piperidine rings is 2. The van der Waals surface area contributed by atoms with E-state index in [1.807, 2.05) is 47.4 Å². The van der Waals surface area contributed by atoms with Gasteiger partial charge in [0, 0.05) is 38.8 Å². The molecule has 3 heterocycles. The molecule has 9 heteroatoms. The maximum atomic E-state index is 13.4. The maximum absolute atomic E-state index is 13.4. The Morgan fingerprint density at radius 1 is 0.925 bits per heavy atom. The van der Waals surface area contributed by atoms with Crippen LogP contribution >= 0.6 is 23.2 Å². The van der Waals surface area contributed by atoms with Gasteiger partial charge in [0.25, 0.3) is 5.91 Å². The average molecular weight is 588 g/mol. The first-order valence-electron chi connectivity index (χ1n) is 14.5. The van der Waals surface area contributed by atoms with Crippen molar-refractivity contribution in [1.29, 1.82) is 0 Å². The van der Waals surface area contributed by atoms with Crippen molar-refractivity contribution in [1.82, 2.24) is 20.0 Å². The van der Waals surface area contributed by atoms with Crippen LogP contribution < -0.4 is 5.32 Å². The van der Waals surface area contributed by atoms with Crippen LogP contribution in [0.15, 0.2) is 48.5 Å². The summed E-state index contributed by atoms with van der Waals surface area (Å²) in [5, 5.41) is 3.93. The van der Waals surface area contributed by atoms with Gasteiger partial charge in [-0.3, -0.25) is 14.5 Å². The van der Waals surface area contributed by atoms with Gasteiger partial charge in [-0.2, -0.15) is 0 Å². The Labute approximate surface area is 247 Å². The van der Waals surface area contributed by atoms with Gasteiger partial charge in [0.05, 0.1) is 23.2 Å². The fraction of sp³-hybridized carbons (Fsp3) is 0.548. The van der Waals surface area contributed by atoms with Crippen molar-refractivity contribution in [3.05, 3.63) is 69.7 Å². The first-order valence-corrected chi connectivity index (χ1v) is 15.3. The van der Waals surface area contributed by atoms with Gasteiger partial charge < -0.3 is 19.9 Å². The van der Waals surface area contributed by atoms with Gasteiger partial charge in [-0.05, 0) is 75.0 Å². The van der Waals surface area contributed by atoms with E-state index in [1.165, 1.54) is 6.42 Å². The molecule has 2 aromatic carbocycles. The number of hydrogen-bond acceptors (Lipinski definition) is 5. The van der Waals surface area contributed by atoms with Gasteiger partial charge in [-0.25, -0.2) is 0 Å². The fourth-order valence-electron chi connectivity index (χ4n) is 6.70. The minimum atomic E-state index is -0.709. The van der Waals surface area contributed by atoms with Crippen molar-refractivity contribution >= 4 is 35.0 Å². The molecule has 0 aliphatic carbocycles. The van der Waals surface area contributed by atoms with Gasteiger partial charge in [-0.1, -0.05) is 53.9 Å². The summed E-state index contributed by atoms with van der Waals surface area (Å²) in [4.78, 5) is 33.4. The largest absolute Gasteiger partial charge is 0.367 e. The minimum absolute atomic E-state index is 0.00296. The molecule has 0 unspecified atom stereocenters. The second-order valence-electron chi connectivity index (χ2n) is 11.3. The Morgan fingerprint density at radius 3 is 2.33 bits per heavy atom. The van der Waals surface area contributed by atoms with Crippen LogP contribution in [0.4, 0.5) is 0 Å². The fourth-order valence-corrected chi connectivity index (χ4v) is 7.00. The second-order valence-corrected chi connectivity index (χ2v) is 12.1. The highest BCUT2D eigenvalue weighted by molar-refractivity contribution is 6.42. The molecule has 3 aliphatic heterocycles. The summed E-state index contributed by atoms with van der Waals surface area (Å²) in [7, 11) is 1.75. The third-order valence-electron chi connectivity index (χ3n) is 9.07. The SMILES string of the molecule is CNC(=O)C1(N2CCCCC2)CCN(CC[C@@]2(c3ccc(Cl)c(Cl)c3)CN(C(=O)c3ccccc3)CCO2)CC1. The zero-order valence-electron chi connectivity index (χ0n) is 23.3. The van der Waals surface area contributed by atoms with Crippen molar-refractivity contribution in [3.8, 4) is 0 Å². The quantitative estimate of drug-likeness (QED) is 0.504. The normalized spacial score (nSPS) is 24.0. The molecule has 3 saturated heterocycles. The van der Waals surface area contributed by atoms with E-state index in [0.717, 1.165) is 64.0 Å². The van der Waals surface area contributed by atoms with E-state index in [1.54, 1.807) is 13.1 Å². The van der Waals surface area contributed by atoms with E-state index < -0.39 is 11.1 Å². The van der Waals surface area contributed by atoms with Crippen LogP contribution in [0.1, 0.15) is 54.4 Å². The molecule has 0 saturated carbocycles. The van der Waals surface area contributed by atoms with E-state index in [9.17, 15) is 9.59 Å². The molecule has 0 aromatic heterocycles. The smallest absolute Gasteiger partial charge is 0.254 e. The number of carbonyl (C=O) groups is 2. The van der Waals surface area contributed by atoms with Crippen LogP contribution in [0.5, 0.6) is 0 Å². The highest BCUT2D eigenvalue weighted by atomic mass is 35.5. The predicted octanol–water partition coefficient (Wildman–Crippen LogP) is 4.82. The van der Waals surface area contributed by atoms with Crippen molar-refractivity contribution in [2.75, 3.05) is 59.5 Å². The molecule has 40 heavy (non-hydrogen) atoms. The molecule has 3 aliphatic rings. The number of benzene rings is 2. The Hall–Kier alpha value is -2.16. The van der Waals surface area contributed by atoms with Crippen LogP contribution in [0.25, 0.3) is 0 Å². The van der Waals surface area contributed by atoms with Crippen molar-refractivity contribution in [2.45, 2.75) is 49.7 Å².